The van der Waals surface area contributed by atoms with Crippen LogP contribution in [0.25, 0.3) is 0 Å². The lowest BCUT2D eigenvalue weighted by Crippen LogP contribution is -2.33. The van der Waals surface area contributed by atoms with Crippen LogP contribution in [0.1, 0.15) is 30.6 Å². The predicted molar refractivity (Wildman–Crippen MR) is 68.4 cm³/mol. The minimum absolute atomic E-state index is 0.0613. The number of ether oxygens (including phenoxy) is 1. The van der Waals surface area contributed by atoms with E-state index in [1.165, 1.54) is 18.2 Å². The molecule has 1 aliphatic heterocycles. The van der Waals surface area contributed by atoms with Gasteiger partial charge in [-0.25, -0.2) is 0 Å². The number of fused-ring (bicyclic) bond motifs is 1. The highest BCUT2D eigenvalue weighted by Gasteiger charge is 2.32. The lowest BCUT2D eigenvalue weighted by Gasteiger charge is -2.21. The second-order valence-electron chi connectivity index (χ2n) is 3.65. The van der Waals surface area contributed by atoms with Crippen LogP contribution >= 0.6 is 0 Å². The molecule has 20 heavy (non-hydrogen) atoms. The van der Waals surface area contributed by atoms with E-state index in [-0.39, 0.29) is 23.4 Å². The van der Waals surface area contributed by atoms with Gasteiger partial charge in [0.25, 0.3) is 11.5 Å². The zero-order chi connectivity index (χ0) is 15.3. The first-order chi connectivity index (χ1) is 9.52. The smallest absolute Gasteiger partial charge is 0.272 e. The molecule has 1 aromatic carbocycles. The maximum atomic E-state index is 11.7. The van der Waals surface area contributed by atoms with Crippen molar-refractivity contribution in [2.45, 2.75) is 26.4 Å². The first-order valence-electron chi connectivity index (χ1n) is 5.95. The fourth-order valence-corrected chi connectivity index (χ4v) is 1.64. The van der Waals surface area contributed by atoms with Crippen molar-refractivity contribution in [3.05, 3.63) is 33.9 Å². The molecule has 7 nitrogen and oxygen atoms in total. The minimum Gasteiger partial charge on any atom is -0.480 e. The van der Waals surface area contributed by atoms with Crippen molar-refractivity contribution in [1.29, 1.82) is 5.26 Å². The van der Waals surface area contributed by atoms with Crippen molar-refractivity contribution in [2.75, 3.05) is 0 Å². The third-order valence-corrected chi connectivity index (χ3v) is 2.52. The van der Waals surface area contributed by atoms with Gasteiger partial charge in [0.15, 0.2) is 11.9 Å². The standard InChI is InChI=1S/C11H6N2O5.C2H6/c12-5-9(15)11-4-8(14)7-3-6(13(16)17)1-2-10(7)18-11;1-2/h1-3,11H,4H2;1-2H3. The van der Waals surface area contributed by atoms with E-state index >= 15 is 0 Å². The van der Waals surface area contributed by atoms with Crippen LogP contribution in [0.5, 0.6) is 5.75 Å². The van der Waals surface area contributed by atoms with Crippen LogP contribution in [-0.2, 0) is 4.79 Å². The Balaban J connectivity index is 0.000000956. The predicted octanol–water partition coefficient (Wildman–Crippen LogP) is 2.05. The van der Waals surface area contributed by atoms with E-state index in [1.807, 2.05) is 13.8 Å². The molecule has 0 saturated heterocycles. The lowest BCUT2D eigenvalue weighted by atomic mass is 9.98. The number of carbonyl (C=O) groups excluding carboxylic acids is 2. The summed E-state index contributed by atoms with van der Waals surface area (Å²) in [5, 5.41) is 19.0. The van der Waals surface area contributed by atoms with Crippen molar-refractivity contribution in [1.82, 2.24) is 0 Å². The Morgan fingerprint density at radius 3 is 2.70 bits per heavy atom. The molecule has 0 spiro atoms. The van der Waals surface area contributed by atoms with Gasteiger partial charge in [0.1, 0.15) is 11.8 Å². The highest BCUT2D eigenvalue weighted by molar-refractivity contribution is 6.06. The Morgan fingerprint density at radius 1 is 1.50 bits per heavy atom. The summed E-state index contributed by atoms with van der Waals surface area (Å²) in [4.78, 5) is 32.8. The zero-order valence-electron chi connectivity index (χ0n) is 11.0. The molecular formula is C13H12N2O5. The van der Waals surface area contributed by atoms with Crippen LogP contribution in [0.4, 0.5) is 5.69 Å². The second-order valence-corrected chi connectivity index (χ2v) is 3.65. The normalized spacial score (nSPS) is 15.8. The van der Waals surface area contributed by atoms with E-state index < -0.39 is 22.6 Å². The lowest BCUT2D eigenvalue weighted by molar-refractivity contribution is -0.384. The van der Waals surface area contributed by atoms with Crippen LogP contribution < -0.4 is 4.74 Å². The number of nitro benzene ring substituents is 1. The number of Topliss-reactive ketones (excluding diaryl/α,β-unsaturated/α-hetero) is 2. The molecule has 1 atom stereocenters. The second kappa shape index (κ2) is 6.43. The van der Waals surface area contributed by atoms with Gasteiger partial charge in [-0.05, 0) is 6.07 Å². The van der Waals surface area contributed by atoms with E-state index in [0.29, 0.717) is 0 Å². The maximum Gasteiger partial charge on any atom is 0.272 e. The fourth-order valence-electron chi connectivity index (χ4n) is 1.64. The van der Waals surface area contributed by atoms with Crippen LogP contribution in [-0.4, -0.2) is 22.6 Å². The molecule has 1 heterocycles. The number of rotatable bonds is 2. The Kier molecular flexibility index (Phi) is 4.92. The van der Waals surface area contributed by atoms with Gasteiger partial charge in [0.05, 0.1) is 16.9 Å². The summed E-state index contributed by atoms with van der Waals surface area (Å²) in [6.45, 7) is 4.00. The molecule has 0 amide bonds. The summed E-state index contributed by atoms with van der Waals surface area (Å²) in [5.41, 5.74) is -0.165. The zero-order valence-corrected chi connectivity index (χ0v) is 11.0. The van der Waals surface area contributed by atoms with E-state index in [9.17, 15) is 19.7 Å². The Bertz CT molecular complexity index is 603. The molecule has 1 aromatic rings. The molecule has 104 valence electrons. The summed E-state index contributed by atoms with van der Waals surface area (Å²) in [5.74, 6) is -1.20. The number of nitrogens with zero attached hydrogens (tertiary/aromatic N) is 2. The van der Waals surface area contributed by atoms with Gasteiger partial charge in [0, 0.05) is 12.1 Å². The molecular weight excluding hydrogens is 264 g/mol. The summed E-state index contributed by atoms with van der Waals surface area (Å²) in [6, 6.07) is 4.92. The third-order valence-electron chi connectivity index (χ3n) is 2.52. The minimum atomic E-state index is -1.13. The molecule has 0 saturated carbocycles. The van der Waals surface area contributed by atoms with Crippen molar-refractivity contribution in [3.8, 4) is 11.8 Å². The van der Waals surface area contributed by atoms with Gasteiger partial charge in [0.2, 0.25) is 0 Å². The number of hydrogen-bond donors (Lipinski definition) is 0. The van der Waals surface area contributed by atoms with Gasteiger partial charge in [-0.3, -0.25) is 19.7 Å². The van der Waals surface area contributed by atoms with Crippen molar-refractivity contribution in [2.24, 2.45) is 0 Å². The SMILES string of the molecule is CC.N#CC(=O)C1CC(=O)c2cc([N+](=O)[O-])ccc2O1. The Morgan fingerprint density at radius 2 is 2.15 bits per heavy atom. The molecule has 1 aliphatic rings. The van der Waals surface area contributed by atoms with Gasteiger partial charge in [-0.1, -0.05) is 13.8 Å². The number of non-ortho nitro benzene ring substituents is 1. The molecule has 7 heteroatoms. The van der Waals surface area contributed by atoms with E-state index in [2.05, 4.69) is 0 Å². The quantitative estimate of drug-likeness (QED) is 0.464. The third kappa shape index (κ3) is 2.98. The number of nitriles is 1. The average Bonchev–Trinajstić information content (AvgIpc) is 2.47. The molecule has 0 radical (unpaired) electrons. The fraction of sp³-hybridized carbons (Fsp3) is 0.308. The summed E-state index contributed by atoms with van der Waals surface area (Å²) < 4.78 is 5.17. The number of ketones is 2. The summed E-state index contributed by atoms with van der Waals surface area (Å²) in [6.07, 6.45) is -1.41. The number of hydrogen-bond acceptors (Lipinski definition) is 6. The molecule has 0 fully saturated rings. The maximum absolute atomic E-state index is 11.7. The largest absolute Gasteiger partial charge is 0.480 e. The number of carbonyl (C=O) groups is 2. The van der Waals surface area contributed by atoms with Crippen molar-refractivity contribution >= 4 is 17.3 Å². The first kappa shape index (κ1) is 15.3. The Hall–Kier alpha value is -2.75. The Labute approximate surface area is 114 Å². The van der Waals surface area contributed by atoms with Crippen LogP contribution in [0.3, 0.4) is 0 Å². The van der Waals surface area contributed by atoms with Gasteiger partial charge >= 0.3 is 0 Å². The highest BCUT2D eigenvalue weighted by atomic mass is 16.6. The molecule has 0 aromatic heterocycles. The van der Waals surface area contributed by atoms with Crippen LogP contribution in [0.15, 0.2) is 18.2 Å². The first-order valence-corrected chi connectivity index (χ1v) is 5.95. The van der Waals surface area contributed by atoms with E-state index in [0.717, 1.165) is 6.07 Å². The van der Waals surface area contributed by atoms with E-state index in [1.54, 1.807) is 0 Å². The number of nitro groups is 1. The average molecular weight is 276 g/mol. The monoisotopic (exact) mass is 276 g/mol. The molecule has 0 N–H and O–H groups in total. The van der Waals surface area contributed by atoms with Crippen molar-refractivity contribution in [3.63, 3.8) is 0 Å². The summed E-state index contributed by atoms with van der Waals surface area (Å²) in [7, 11) is 0. The van der Waals surface area contributed by atoms with Gasteiger partial charge in [-0.15, -0.1) is 0 Å². The molecule has 2 rings (SSSR count). The highest BCUT2D eigenvalue weighted by Crippen LogP contribution is 2.30. The van der Waals surface area contributed by atoms with Crippen molar-refractivity contribution < 1.29 is 19.2 Å². The van der Waals surface area contributed by atoms with Crippen LogP contribution in [0, 0.1) is 21.4 Å². The van der Waals surface area contributed by atoms with Gasteiger partial charge in [-0.2, -0.15) is 5.26 Å². The van der Waals surface area contributed by atoms with E-state index in [4.69, 9.17) is 10.00 Å². The summed E-state index contributed by atoms with van der Waals surface area (Å²) >= 11 is 0. The van der Waals surface area contributed by atoms with Crippen LogP contribution in [0.2, 0.25) is 0 Å². The molecule has 0 aliphatic carbocycles. The molecule has 1 unspecified atom stereocenters. The van der Waals surface area contributed by atoms with Gasteiger partial charge < -0.3 is 4.74 Å². The topological polar surface area (TPSA) is 110 Å². The molecule has 0 bridgehead atoms. The number of benzene rings is 1.